The Balaban J connectivity index is 1.69. The van der Waals surface area contributed by atoms with Gasteiger partial charge in [-0.3, -0.25) is 9.59 Å². The highest BCUT2D eigenvalue weighted by molar-refractivity contribution is 6.03. The molecule has 0 saturated heterocycles. The zero-order valence-electron chi connectivity index (χ0n) is 20.6. The first-order chi connectivity index (χ1) is 16.8. The molecular formula is C28H32N4O3. The van der Waals surface area contributed by atoms with Gasteiger partial charge in [0.2, 0.25) is 0 Å². The first kappa shape index (κ1) is 25.6. The summed E-state index contributed by atoms with van der Waals surface area (Å²) in [6.07, 6.45) is 1.41. The van der Waals surface area contributed by atoms with Crippen LogP contribution in [0.4, 0.5) is 0 Å². The van der Waals surface area contributed by atoms with Crippen molar-refractivity contribution in [1.29, 1.82) is 0 Å². The zero-order chi connectivity index (χ0) is 25.2. The molecule has 0 spiro atoms. The molecule has 1 aromatic heterocycles. The van der Waals surface area contributed by atoms with Crippen molar-refractivity contribution in [1.82, 2.24) is 10.9 Å². The lowest BCUT2D eigenvalue weighted by atomic mass is 10.0. The van der Waals surface area contributed by atoms with E-state index in [1.165, 1.54) is 12.1 Å². The van der Waals surface area contributed by atoms with E-state index in [0.29, 0.717) is 24.7 Å². The van der Waals surface area contributed by atoms with Crippen LogP contribution in [0.2, 0.25) is 0 Å². The monoisotopic (exact) mass is 472 g/mol. The van der Waals surface area contributed by atoms with Gasteiger partial charge < -0.3 is 4.42 Å². The number of rotatable bonds is 10. The lowest BCUT2D eigenvalue weighted by molar-refractivity contribution is 0.0902. The number of hydrogen-bond donors (Lipinski definition) is 2. The first-order valence-electron chi connectivity index (χ1n) is 11.8. The normalized spacial score (nSPS) is 12.2. The Morgan fingerprint density at radius 2 is 1.03 bits per heavy atom. The Bertz CT molecular complexity index is 1090. The number of nitrogens with zero attached hydrogens (tertiary/aromatic N) is 2. The quantitative estimate of drug-likeness (QED) is 0.295. The fourth-order valence-corrected chi connectivity index (χ4v) is 3.42. The van der Waals surface area contributed by atoms with E-state index >= 15 is 0 Å². The molecule has 0 aliphatic carbocycles. The average Bonchev–Trinajstić information content (AvgIpc) is 3.35. The second kappa shape index (κ2) is 12.5. The van der Waals surface area contributed by atoms with Crippen LogP contribution in [-0.4, -0.2) is 23.2 Å². The van der Waals surface area contributed by atoms with E-state index in [4.69, 9.17) is 4.42 Å². The molecule has 2 aromatic carbocycles. The van der Waals surface area contributed by atoms with E-state index in [9.17, 15) is 9.59 Å². The molecule has 0 unspecified atom stereocenters. The maximum atomic E-state index is 12.6. The van der Waals surface area contributed by atoms with E-state index in [0.717, 1.165) is 22.6 Å². The number of benzene rings is 2. The molecule has 182 valence electrons. The Labute approximate surface area is 206 Å². The van der Waals surface area contributed by atoms with Crippen LogP contribution in [0, 0.1) is 11.8 Å². The fourth-order valence-electron chi connectivity index (χ4n) is 3.42. The van der Waals surface area contributed by atoms with Gasteiger partial charge in [0.25, 0.3) is 0 Å². The molecular weight excluding hydrogens is 440 g/mol. The predicted molar refractivity (Wildman–Crippen MR) is 139 cm³/mol. The van der Waals surface area contributed by atoms with E-state index in [1.807, 2.05) is 60.7 Å². The van der Waals surface area contributed by atoms with Crippen LogP contribution in [0.3, 0.4) is 0 Å². The van der Waals surface area contributed by atoms with Crippen molar-refractivity contribution in [3.05, 3.63) is 95.4 Å². The van der Waals surface area contributed by atoms with E-state index in [-0.39, 0.29) is 11.5 Å². The van der Waals surface area contributed by atoms with Crippen LogP contribution in [0.15, 0.2) is 87.4 Å². The van der Waals surface area contributed by atoms with E-state index in [2.05, 4.69) is 48.7 Å². The molecule has 0 saturated carbocycles. The largest absolute Gasteiger partial charge is 0.446 e. The van der Waals surface area contributed by atoms with Crippen molar-refractivity contribution in [2.24, 2.45) is 22.0 Å². The summed E-state index contributed by atoms with van der Waals surface area (Å²) in [6.45, 7) is 8.35. The maximum Gasteiger partial charge on any atom is 0.307 e. The Morgan fingerprint density at radius 3 is 1.37 bits per heavy atom. The predicted octanol–water partition coefficient (Wildman–Crippen LogP) is 5.64. The maximum absolute atomic E-state index is 12.6. The van der Waals surface area contributed by atoms with Gasteiger partial charge in [-0.25, -0.2) is 10.9 Å². The molecule has 2 amide bonds. The number of nitrogens with one attached hydrogen (secondary N) is 2. The fraction of sp³-hybridized carbons (Fsp3) is 0.286. The molecule has 1 heterocycles. The van der Waals surface area contributed by atoms with E-state index < -0.39 is 11.8 Å². The highest BCUT2D eigenvalue weighted by Gasteiger charge is 2.17. The summed E-state index contributed by atoms with van der Waals surface area (Å²) in [7, 11) is 0. The van der Waals surface area contributed by atoms with Gasteiger partial charge in [-0.05, 0) is 47.9 Å². The van der Waals surface area contributed by atoms with Crippen LogP contribution in [0.1, 0.15) is 72.8 Å². The van der Waals surface area contributed by atoms with Crippen molar-refractivity contribution in [2.75, 3.05) is 0 Å². The van der Waals surface area contributed by atoms with E-state index in [1.54, 1.807) is 0 Å². The molecule has 3 rings (SSSR count). The molecule has 7 nitrogen and oxygen atoms in total. The van der Waals surface area contributed by atoms with Gasteiger partial charge in [0, 0.05) is 0 Å². The number of hydrogen-bond acceptors (Lipinski definition) is 5. The lowest BCUT2D eigenvalue weighted by Crippen LogP contribution is -2.21. The number of hydrazone groups is 2. The SMILES string of the molecule is CC(C)CC(=NNC(=O)c1ccc(C(=O)NN=C(CC(C)C)c2ccccc2)o1)c1ccccc1. The van der Waals surface area contributed by atoms with Gasteiger partial charge in [0.05, 0.1) is 11.4 Å². The molecule has 0 aliphatic heterocycles. The molecule has 0 atom stereocenters. The molecule has 0 bridgehead atoms. The summed E-state index contributed by atoms with van der Waals surface area (Å²) >= 11 is 0. The van der Waals surface area contributed by atoms with Gasteiger partial charge in [-0.2, -0.15) is 10.2 Å². The number of carbonyl (C=O) groups excluding carboxylic acids is 2. The highest BCUT2D eigenvalue weighted by atomic mass is 16.4. The summed E-state index contributed by atoms with van der Waals surface area (Å²) in [6, 6.07) is 22.3. The van der Waals surface area contributed by atoms with Crippen LogP contribution in [-0.2, 0) is 0 Å². The summed E-state index contributed by atoms with van der Waals surface area (Å²) < 4.78 is 5.48. The van der Waals surface area contributed by atoms with Crippen molar-refractivity contribution in [2.45, 2.75) is 40.5 Å². The molecule has 2 N–H and O–H groups in total. The summed E-state index contributed by atoms with van der Waals surface area (Å²) in [5.41, 5.74) is 8.51. The molecule has 0 radical (unpaired) electrons. The first-order valence-corrected chi connectivity index (χ1v) is 11.8. The molecule has 0 fully saturated rings. The zero-order valence-corrected chi connectivity index (χ0v) is 20.6. The number of amides is 2. The summed E-state index contributed by atoms with van der Waals surface area (Å²) in [5.74, 6) is -0.358. The van der Waals surface area contributed by atoms with Gasteiger partial charge in [-0.15, -0.1) is 0 Å². The molecule has 3 aromatic rings. The van der Waals surface area contributed by atoms with Crippen LogP contribution >= 0.6 is 0 Å². The summed E-state index contributed by atoms with van der Waals surface area (Å²) in [5, 5.41) is 8.64. The number of furan rings is 1. The van der Waals surface area contributed by atoms with Crippen LogP contribution in [0.5, 0.6) is 0 Å². The molecule has 7 heteroatoms. The Hall–Kier alpha value is -4.00. The van der Waals surface area contributed by atoms with Crippen LogP contribution in [0.25, 0.3) is 0 Å². The second-order valence-corrected chi connectivity index (χ2v) is 9.09. The van der Waals surface area contributed by atoms with Crippen molar-refractivity contribution < 1.29 is 14.0 Å². The van der Waals surface area contributed by atoms with Crippen molar-refractivity contribution in [3.63, 3.8) is 0 Å². The van der Waals surface area contributed by atoms with Crippen LogP contribution < -0.4 is 10.9 Å². The highest BCUT2D eigenvalue weighted by Crippen LogP contribution is 2.13. The lowest BCUT2D eigenvalue weighted by Gasteiger charge is -2.09. The minimum absolute atomic E-state index is 0.00898. The Morgan fingerprint density at radius 1 is 0.657 bits per heavy atom. The van der Waals surface area contributed by atoms with Gasteiger partial charge >= 0.3 is 11.8 Å². The summed E-state index contributed by atoms with van der Waals surface area (Å²) in [4.78, 5) is 25.2. The number of carbonyl (C=O) groups is 2. The third-order valence-corrected chi connectivity index (χ3v) is 5.06. The Kier molecular flexibility index (Phi) is 9.12. The second-order valence-electron chi connectivity index (χ2n) is 9.09. The minimum Gasteiger partial charge on any atom is -0.446 e. The smallest absolute Gasteiger partial charge is 0.307 e. The van der Waals surface area contributed by atoms with Gasteiger partial charge in [-0.1, -0.05) is 88.4 Å². The third-order valence-electron chi connectivity index (χ3n) is 5.06. The minimum atomic E-state index is -0.533. The molecule has 35 heavy (non-hydrogen) atoms. The van der Waals surface area contributed by atoms with Crippen molar-refractivity contribution in [3.8, 4) is 0 Å². The van der Waals surface area contributed by atoms with Gasteiger partial charge in [0.15, 0.2) is 11.5 Å². The van der Waals surface area contributed by atoms with Crippen molar-refractivity contribution >= 4 is 23.2 Å². The average molecular weight is 473 g/mol. The third kappa shape index (κ3) is 7.78. The topological polar surface area (TPSA) is 96.1 Å². The molecule has 0 aliphatic rings. The standard InChI is InChI=1S/C28H32N4O3/c1-19(2)17-23(21-11-7-5-8-12-21)29-31-27(33)25-15-16-26(35-25)28(34)32-30-24(18-20(3)4)22-13-9-6-10-14-22/h5-16,19-20H,17-18H2,1-4H3,(H,31,33)(H,32,34). The van der Waals surface area contributed by atoms with Gasteiger partial charge in [0.1, 0.15) is 0 Å².